The standard InChI is InChI=1S/C9H16N2O/c1-4-8(7(2)3)11-6-5-10-9(11)12/h5-8H,4H2,1-3H3,(H,10,12). The monoisotopic (exact) mass is 168 g/mol. The Hall–Kier alpha value is -0.990. The fraction of sp³-hybridized carbons (Fsp3) is 0.667. The first-order valence-electron chi connectivity index (χ1n) is 4.42. The summed E-state index contributed by atoms with van der Waals surface area (Å²) >= 11 is 0. The molecule has 0 aliphatic heterocycles. The maximum Gasteiger partial charge on any atom is 0.325 e. The molecule has 68 valence electrons. The molecule has 3 heteroatoms. The number of hydrogen-bond donors (Lipinski definition) is 1. The van der Waals surface area contributed by atoms with Crippen LogP contribution in [-0.2, 0) is 0 Å². The maximum atomic E-state index is 11.2. The van der Waals surface area contributed by atoms with Gasteiger partial charge in [0.1, 0.15) is 0 Å². The molecule has 1 heterocycles. The van der Waals surface area contributed by atoms with E-state index in [0.717, 1.165) is 6.42 Å². The lowest BCUT2D eigenvalue weighted by Gasteiger charge is -2.19. The third-order valence-electron chi connectivity index (χ3n) is 2.22. The van der Waals surface area contributed by atoms with Crippen LogP contribution in [0.15, 0.2) is 17.2 Å². The van der Waals surface area contributed by atoms with E-state index in [4.69, 9.17) is 0 Å². The molecule has 1 unspecified atom stereocenters. The van der Waals surface area contributed by atoms with Crippen LogP contribution in [0.3, 0.4) is 0 Å². The van der Waals surface area contributed by atoms with Crippen molar-refractivity contribution in [2.75, 3.05) is 0 Å². The maximum absolute atomic E-state index is 11.2. The van der Waals surface area contributed by atoms with E-state index in [1.54, 1.807) is 10.8 Å². The highest BCUT2D eigenvalue weighted by Gasteiger charge is 2.13. The molecule has 0 aliphatic rings. The summed E-state index contributed by atoms with van der Waals surface area (Å²) in [5, 5.41) is 0. The van der Waals surface area contributed by atoms with Gasteiger partial charge in [-0.1, -0.05) is 20.8 Å². The van der Waals surface area contributed by atoms with Crippen LogP contribution in [0.1, 0.15) is 33.2 Å². The number of aromatic nitrogens is 2. The zero-order valence-corrected chi connectivity index (χ0v) is 7.87. The lowest BCUT2D eigenvalue weighted by Crippen LogP contribution is -2.24. The average molecular weight is 168 g/mol. The zero-order valence-electron chi connectivity index (χ0n) is 7.87. The van der Waals surface area contributed by atoms with Gasteiger partial charge in [-0.05, 0) is 12.3 Å². The molecule has 3 nitrogen and oxygen atoms in total. The summed E-state index contributed by atoms with van der Waals surface area (Å²) in [5.41, 5.74) is -0.00412. The van der Waals surface area contributed by atoms with Crippen LogP contribution in [0.4, 0.5) is 0 Å². The highest BCUT2D eigenvalue weighted by molar-refractivity contribution is 4.82. The molecule has 0 saturated carbocycles. The highest BCUT2D eigenvalue weighted by atomic mass is 16.1. The van der Waals surface area contributed by atoms with E-state index >= 15 is 0 Å². The van der Waals surface area contributed by atoms with Gasteiger partial charge in [-0.2, -0.15) is 0 Å². The second-order valence-corrected chi connectivity index (χ2v) is 3.39. The molecule has 0 fully saturated rings. The molecule has 0 bridgehead atoms. The first kappa shape index (κ1) is 9.10. The fourth-order valence-corrected chi connectivity index (χ4v) is 1.58. The van der Waals surface area contributed by atoms with E-state index in [1.165, 1.54) is 0 Å². The molecule has 1 aromatic rings. The normalized spacial score (nSPS) is 13.7. The molecule has 1 N–H and O–H groups in total. The Morgan fingerprint density at radius 1 is 1.58 bits per heavy atom. The fourth-order valence-electron chi connectivity index (χ4n) is 1.58. The molecule has 0 spiro atoms. The molecular formula is C9H16N2O. The Bertz CT molecular complexity index is 285. The first-order chi connectivity index (χ1) is 5.66. The number of rotatable bonds is 3. The summed E-state index contributed by atoms with van der Waals surface area (Å²) in [6.07, 6.45) is 4.50. The summed E-state index contributed by atoms with van der Waals surface area (Å²) in [6, 6.07) is 0.323. The van der Waals surface area contributed by atoms with Crippen LogP contribution in [0.2, 0.25) is 0 Å². The molecule has 0 radical (unpaired) electrons. The van der Waals surface area contributed by atoms with Gasteiger partial charge in [0.2, 0.25) is 0 Å². The van der Waals surface area contributed by atoms with E-state index in [0.29, 0.717) is 12.0 Å². The first-order valence-corrected chi connectivity index (χ1v) is 4.42. The van der Waals surface area contributed by atoms with Crippen LogP contribution in [0, 0.1) is 5.92 Å². The molecule has 1 rings (SSSR count). The van der Waals surface area contributed by atoms with Crippen LogP contribution in [-0.4, -0.2) is 9.55 Å². The SMILES string of the molecule is CCC(C(C)C)n1cc[nH]c1=O. The third-order valence-corrected chi connectivity index (χ3v) is 2.22. The van der Waals surface area contributed by atoms with Gasteiger partial charge >= 0.3 is 5.69 Å². The molecular weight excluding hydrogens is 152 g/mol. The Morgan fingerprint density at radius 2 is 2.25 bits per heavy atom. The Labute approximate surface area is 72.4 Å². The summed E-state index contributed by atoms with van der Waals surface area (Å²) in [7, 11) is 0. The van der Waals surface area contributed by atoms with Gasteiger partial charge in [-0.15, -0.1) is 0 Å². The average Bonchev–Trinajstić information content (AvgIpc) is 2.38. The molecule has 0 aromatic carbocycles. The van der Waals surface area contributed by atoms with Crippen molar-refractivity contribution in [1.82, 2.24) is 9.55 Å². The number of imidazole rings is 1. The Balaban J connectivity index is 2.95. The molecule has 12 heavy (non-hydrogen) atoms. The summed E-state index contributed by atoms with van der Waals surface area (Å²) in [5.74, 6) is 0.503. The molecule has 0 aliphatic carbocycles. The van der Waals surface area contributed by atoms with Crippen LogP contribution >= 0.6 is 0 Å². The molecule has 1 atom stereocenters. The van der Waals surface area contributed by atoms with E-state index < -0.39 is 0 Å². The second-order valence-electron chi connectivity index (χ2n) is 3.39. The van der Waals surface area contributed by atoms with Gasteiger partial charge in [0.25, 0.3) is 0 Å². The molecule has 0 amide bonds. The van der Waals surface area contributed by atoms with Gasteiger partial charge in [-0.25, -0.2) is 4.79 Å². The van der Waals surface area contributed by atoms with Crippen molar-refractivity contribution in [3.63, 3.8) is 0 Å². The predicted molar refractivity (Wildman–Crippen MR) is 49.2 cm³/mol. The van der Waals surface area contributed by atoms with Crippen molar-refractivity contribution in [3.8, 4) is 0 Å². The van der Waals surface area contributed by atoms with Crippen molar-refractivity contribution < 1.29 is 0 Å². The van der Waals surface area contributed by atoms with Gasteiger partial charge in [0.15, 0.2) is 0 Å². The van der Waals surface area contributed by atoms with Crippen LogP contribution in [0.25, 0.3) is 0 Å². The van der Waals surface area contributed by atoms with Gasteiger partial charge in [-0.3, -0.25) is 4.57 Å². The van der Waals surface area contributed by atoms with E-state index in [1.807, 2.05) is 6.20 Å². The Morgan fingerprint density at radius 3 is 2.58 bits per heavy atom. The summed E-state index contributed by atoms with van der Waals surface area (Å²) in [4.78, 5) is 13.9. The van der Waals surface area contributed by atoms with Crippen molar-refractivity contribution in [2.24, 2.45) is 5.92 Å². The number of hydrogen-bond acceptors (Lipinski definition) is 1. The Kier molecular flexibility index (Phi) is 2.74. The third kappa shape index (κ3) is 1.60. The van der Waals surface area contributed by atoms with E-state index in [-0.39, 0.29) is 5.69 Å². The number of nitrogens with zero attached hydrogens (tertiary/aromatic N) is 1. The number of aromatic amines is 1. The highest BCUT2D eigenvalue weighted by Crippen LogP contribution is 2.18. The van der Waals surface area contributed by atoms with Crippen molar-refractivity contribution >= 4 is 0 Å². The largest absolute Gasteiger partial charge is 0.325 e. The minimum Gasteiger partial charge on any atom is -0.313 e. The van der Waals surface area contributed by atoms with Crippen LogP contribution in [0.5, 0.6) is 0 Å². The van der Waals surface area contributed by atoms with Gasteiger partial charge in [0, 0.05) is 18.4 Å². The van der Waals surface area contributed by atoms with E-state index in [9.17, 15) is 4.79 Å². The smallest absolute Gasteiger partial charge is 0.313 e. The lowest BCUT2D eigenvalue weighted by atomic mass is 10.0. The minimum atomic E-state index is -0.00412. The van der Waals surface area contributed by atoms with Crippen molar-refractivity contribution in [3.05, 3.63) is 22.9 Å². The number of nitrogens with one attached hydrogen (secondary N) is 1. The summed E-state index contributed by atoms with van der Waals surface area (Å²) < 4.78 is 1.77. The van der Waals surface area contributed by atoms with Gasteiger partial charge in [0.05, 0.1) is 0 Å². The topological polar surface area (TPSA) is 37.8 Å². The number of H-pyrrole nitrogens is 1. The van der Waals surface area contributed by atoms with Gasteiger partial charge < -0.3 is 4.98 Å². The van der Waals surface area contributed by atoms with Crippen molar-refractivity contribution in [1.29, 1.82) is 0 Å². The zero-order chi connectivity index (χ0) is 9.14. The predicted octanol–water partition coefficient (Wildman–Crippen LogP) is 1.78. The summed E-state index contributed by atoms with van der Waals surface area (Å²) in [6.45, 7) is 6.37. The van der Waals surface area contributed by atoms with Crippen molar-refractivity contribution in [2.45, 2.75) is 33.2 Å². The minimum absolute atomic E-state index is 0.00412. The molecule has 1 aromatic heterocycles. The molecule has 0 saturated heterocycles. The quantitative estimate of drug-likeness (QED) is 0.734. The van der Waals surface area contributed by atoms with E-state index in [2.05, 4.69) is 25.8 Å². The second kappa shape index (κ2) is 3.61. The lowest BCUT2D eigenvalue weighted by molar-refractivity contribution is 0.358. The van der Waals surface area contributed by atoms with Crippen LogP contribution < -0.4 is 5.69 Å².